The molecule has 0 bridgehead atoms. The fraction of sp³-hybridized carbons (Fsp3) is 1.00. The molecule has 2 rings (SSSR count). The van der Waals surface area contributed by atoms with Crippen molar-refractivity contribution in [3.05, 3.63) is 0 Å². The zero-order valence-electron chi connectivity index (χ0n) is 21.1. The topological polar surface area (TPSA) is 40.5 Å². The molecule has 2 nitrogen and oxygen atoms in total. The van der Waals surface area contributed by atoms with E-state index in [1.54, 1.807) is 0 Å². The summed E-state index contributed by atoms with van der Waals surface area (Å²) in [5.74, 6) is 2.65. The Hall–Kier alpha value is -0.0800. The van der Waals surface area contributed by atoms with Gasteiger partial charge >= 0.3 is 0 Å². The van der Waals surface area contributed by atoms with E-state index >= 15 is 0 Å². The lowest BCUT2D eigenvalue weighted by atomic mass is 9.75. The van der Waals surface area contributed by atoms with Crippen LogP contribution in [0.2, 0.25) is 0 Å². The second-order valence-corrected chi connectivity index (χ2v) is 10.5. The SMILES string of the molecule is CCCCC1CCC(CCCC)C(O)C1.CCCCC1CCCC(CCCC)C1O. The quantitative estimate of drug-likeness (QED) is 0.331. The lowest BCUT2D eigenvalue weighted by Crippen LogP contribution is -2.33. The van der Waals surface area contributed by atoms with E-state index in [0.29, 0.717) is 17.8 Å². The van der Waals surface area contributed by atoms with Crippen LogP contribution in [0.15, 0.2) is 0 Å². The van der Waals surface area contributed by atoms with Gasteiger partial charge in [-0.1, -0.05) is 91.9 Å². The van der Waals surface area contributed by atoms with Crippen molar-refractivity contribution in [2.45, 2.75) is 155 Å². The van der Waals surface area contributed by atoms with Crippen LogP contribution in [-0.4, -0.2) is 22.4 Å². The minimum Gasteiger partial charge on any atom is -0.393 e. The number of rotatable bonds is 12. The molecule has 5 unspecified atom stereocenters. The highest BCUT2D eigenvalue weighted by Crippen LogP contribution is 2.36. The molecule has 0 aromatic heterocycles. The van der Waals surface area contributed by atoms with Crippen LogP contribution in [0.1, 0.15) is 143 Å². The Kier molecular flexibility index (Phi) is 16.3. The zero-order valence-corrected chi connectivity index (χ0v) is 21.1. The standard InChI is InChI=1S/2C14H28O/c1-3-5-8-12-10-7-11-13(14(12)15)9-6-4-2;1-3-5-7-12-9-10-13(8-6-4-2)14(15)11-12/h2*12-15H,3-11H2,1-2H3. The highest BCUT2D eigenvalue weighted by Gasteiger charge is 2.30. The lowest BCUT2D eigenvalue weighted by Gasteiger charge is -2.35. The van der Waals surface area contributed by atoms with Gasteiger partial charge in [0.1, 0.15) is 0 Å². The first-order valence-corrected chi connectivity index (χ1v) is 13.9. The molecule has 0 amide bonds. The Balaban J connectivity index is 0.000000300. The molecule has 2 N–H and O–H groups in total. The third-order valence-corrected chi connectivity index (χ3v) is 7.93. The van der Waals surface area contributed by atoms with Crippen molar-refractivity contribution in [1.82, 2.24) is 0 Å². The normalized spacial score (nSPS) is 31.8. The summed E-state index contributed by atoms with van der Waals surface area (Å²) >= 11 is 0. The molecule has 0 aliphatic heterocycles. The summed E-state index contributed by atoms with van der Waals surface area (Å²) < 4.78 is 0. The van der Waals surface area contributed by atoms with E-state index in [-0.39, 0.29) is 12.2 Å². The molecular weight excluding hydrogens is 368 g/mol. The maximum atomic E-state index is 10.3. The number of hydrogen-bond donors (Lipinski definition) is 2. The Morgan fingerprint density at radius 2 is 1.03 bits per heavy atom. The minimum absolute atomic E-state index is 0.00663. The molecular formula is C28H56O2. The lowest BCUT2D eigenvalue weighted by molar-refractivity contribution is 0.00870. The van der Waals surface area contributed by atoms with Crippen LogP contribution in [0.3, 0.4) is 0 Å². The van der Waals surface area contributed by atoms with Crippen molar-refractivity contribution in [2.24, 2.45) is 23.7 Å². The predicted molar refractivity (Wildman–Crippen MR) is 132 cm³/mol. The summed E-state index contributed by atoms with van der Waals surface area (Å²) in [7, 11) is 0. The predicted octanol–water partition coefficient (Wildman–Crippen LogP) is 8.29. The Bertz CT molecular complexity index is 367. The highest BCUT2D eigenvalue weighted by molar-refractivity contribution is 4.82. The van der Waals surface area contributed by atoms with Gasteiger partial charge in [0.15, 0.2) is 0 Å². The van der Waals surface area contributed by atoms with Gasteiger partial charge in [-0.3, -0.25) is 0 Å². The van der Waals surface area contributed by atoms with Crippen LogP contribution in [0.5, 0.6) is 0 Å². The molecule has 2 saturated carbocycles. The first-order valence-electron chi connectivity index (χ1n) is 13.9. The number of aliphatic hydroxyl groups excluding tert-OH is 2. The molecule has 0 aromatic rings. The van der Waals surface area contributed by atoms with Crippen molar-refractivity contribution < 1.29 is 10.2 Å². The molecule has 2 fully saturated rings. The van der Waals surface area contributed by atoms with Crippen LogP contribution in [-0.2, 0) is 0 Å². The van der Waals surface area contributed by atoms with E-state index in [4.69, 9.17) is 0 Å². The molecule has 0 spiro atoms. The van der Waals surface area contributed by atoms with Crippen LogP contribution in [0.25, 0.3) is 0 Å². The maximum absolute atomic E-state index is 10.3. The van der Waals surface area contributed by atoms with Gasteiger partial charge in [0.2, 0.25) is 0 Å². The summed E-state index contributed by atoms with van der Waals surface area (Å²) in [5, 5.41) is 20.3. The number of aliphatic hydroxyl groups is 2. The second-order valence-electron chi connectivity index (χ2n) is 10.5. The third-order valence-electron chi connectivity index (χ3n) is 7.93. The van der Waals surface area contributed by atoms with Crippen LogP contribution in [0, 0.1) is 23.7 Å². The fourth-order valence-corrected chi connectivity index (χ4v) is 5.78. The summed E-state index contributed by atoms with van der Waals surface area (Å²) in [4.78, 5) is 0. The smallest absolute Gasteiger partial charge is 0.0596 e. The van der Waals surface area contributed by atoms with Gasteiger partial charge in [-0.2, -0.15) is 0 Å². The second kappa shape index (κ2) is 17.5. The number of unbranched alkanes of at least 4 members (excludes halogenated alkanes) is 4. The zero-order chi connectivity index (χ0) is 22.2. The molecule has 2 heteroatoms. The van der Waals surface area contributed by atoms with Crippen molar-refractivity contribution in [3.63, 3.8) is 0 Å². The molecule has 30 heavy (non-hydrogen) atoms. The molecule has 2 aliphatic rings. The average Bonchev–Trinajstić information content (AvgIpc) is 2.76. The first-order chi connectivity index (χ1) is 14.6. The minimum atomic E-state index is 0.00663. The molecule has 0 radical (unpaired) electrons. The molecule has 0 saturated heterocycles. The van der Waals surface area contributed by atoms with Crippen LogP contribution < -0.4 is 0 Å². The van der Waals surface area contributed by atoms with E-state index in [1.165, 1.54) is 109 Å². The van der Waals surface area contributed by atoms with E-state index in [2.05, 4.69) is 27.7 Å². The van der Waals surface area contributed by atoms with Crippen molar-refractivity contribution in [3.8, 4) is 0 Å². The molecule has 180 valence electrons. The Labute approximate surface area is 189 Å². The van der Waals surface area contributed by atoms with Gasteiger partial charge in [-0.05, 0) is 75.0 Å². The summed E-state index contributed by atoms with van der Waals surface area (Å²) in [5.41, 5.74) is 0. The molecule has 0 aromatic carbocycles. The van der Waals surface area contributed by atoms with Crippen LogP contribution in [0.4, 0.5) is 0 Å². The largest absolute Gasteiger partial charge is 0.393 e. The highest BCUT2D eigenvalue weighted by atomic mass is 16.3. The van der Waals surface area contributed by atoms with E-state index in [9.17, 15) is 10.2 Å². The third kappa shape index (κ3) is 11.0. The molecule has 2 aliphatic carbocycles. The van der Waals surface area contributed by atoms with Crippen molar-refractivity contribution >= 4 is 0 Å². The summed E-state index contributed by atoms with van der Waals surface area (Å²) in [6.45, 7) is 8.97. The molecule has 5 atom stereocenters. The first kappa shape index (κ1) is 28.0. The van der Waals surface area contributed by atoms with Gasteiger partial charge in [0.05, 0.1) is 12.2 Å². The Morgan fingerprint density at radius 1 is 0.567 bits per heavy atom. The van der Waals surface area contributed by atoms with E-state index in [0.717, 1.165) is 12.3 Å². The average molecular weight is 425 g/mol. The molecule has 0 heterocycles. The fourth-order valence-electron chi connectivity index (χ4n) is 5.78. The van der Waals surface area contributed by atoms with Crippen molar-refractivity contribution in [1.29, 1.82) is 0 Å². The van der Waals surface area contributed by atoms with Gasteiger partial charge in [0.25, 0.3) is 0 Å². The van der Waals surface area contributed by atoms with Gasteiger partial charge < -0.3 is 10.2 Å². The summed E-state index contributed by atoms with van der Waals surface area (Å²) in [6, 6.07) is 0. The van der Waals surface area contributed by atoms with Gasteiger partial charge in [-0.15, -0.1) is 0 Å². The number of hydrogen-bond acceptors (Lipinski definition) is 2. The van der Waals surface area contributed by atoms with Gasteiger partial charge in [0, 0.05) is 0 Å². The maximum Gasteiger partial charge on any atom is 0.0596 e. The van der Waals surface area contributed by atoms with E-state index in [1.807, 2.05) is 0 Å². The summed E-state index contributed by atoms with van der Waals surface area (Å²) in [6.07, 6.45) is 23.0. The van der Waals surface area contributed by atoms with Crippen LogP contribution >= 0.6 is 0 Å². The van der Waals surface area contributed by atoms with Crippen molar-refractivity contribution in [2.75, 3.05) is 0 Å². The van der Waals surface area contributed by atoms with E-state index < -0.39 is 0 Å². The monoisotopic (exact) mass is 424 g/mol. The van der Waals surface area contributed by atoms with Gasteiger partial charge in [-0.25, -0.2) is 0 Å². The Morgan fingerprint density at radius 3 is 1.50 bits per heavy atom.